The van der Waals surface area contributed by atoms with E-state index in [-0.39, 0.29) is 11.8 Å². The average molecular weight is 292 g/mol. The van der Waals surface area contributed by atoms with Gasteiger partial charge in [0.25, 0.3) is 0 Å². The molecule has 2 rings (SSSR count). The SMILES string of the molecule is CC(N)Cc1c(Cl)cccc1OCc1cccc(O)c1. The van der Waals surface area contributed by atoms with Crippen LogP contribution >= 0.6 is 11.6 Å². The highest BCUT2D eigenvalue weighted by molar-refractivity contribution is 6.31. The lowest BCUT2D eigenvalue weighted by Gasteiger charge is -2.14. The highest BCUT2D eigenvalue weighted by Gasteiger charge is 2.10. The highest BCUT2D eigenvalue weighted by atomic mass is 35.5. The van der Waals surface area contributed by atoms with E-state index in [1.807, 2.05) is 31.2 Å². The van der Waals surface area contributed by atoms with Crippen LogP contribution in [0.2, 0.25) is 5.02 Å². The summed E-state index contributed by atoms with van der Waals surface area (Å²) in [4.78, 5) is 0. The minimum Gasteiger partial charge on any atom is -0.508 e. The van der Waals surface area contributed by atoms with Crippen molar-refractivity contribution < 1.29 is 9.84 Å². The maximum absolute atomic E-state index is 9.43. The Kier molecular flexibility index (Phi) is 4.88. The van der Waals surface area contributed by atoms with E-state index >= 15 is 0 Å². The third-order valence-electron chi connectivity index (χ3n) is 2.91. The summed E-state index contributed by atoms with van der Waals surface area (Å²) in [6, 6.07) is 12.6. The lowest BCUT2D eigenvalue weighted by atomic mass is 10.1. The van der Waals surface area contributed by atoms with E-state index in [1.54, 1.807) is 18.2 Å². The Labute approximate surface area is 123 Å². The zero-order chi connectivity index (χ0) is 14.5. The molecule has 106 valence electrons. The van der Waals surface area contributed by atoms with E-state index in [9.17, 15) is 5.11 Å². The molecule has 0 fully saturated rings. The van der Waals surface area contributed by atoms with E-state index in [0.29, 0.717) is 18.1 Å². The minimum atomic E-state index is 0.0121. The van der Waals surface area contributed by atoms with E-state index in [1.165, 1.54) is 0 Å². The standard InChI is InChI=1S/C16H18ClNO2/c1-11(18)8-14-15(17)6-3-7-16(14)20-10-12-4-2-5-13(19)9-12/h2-7,9,11,19H,8,10,18H2,1H3. The number of ether oxygens (including phenoxy) is 1. The van der Waals surface area contributed by atoms with Gasteiger partial charge in [0.1, 0.15) is 18.1 Å². The van der Waals surface area contributed by atoms with Gasteiger partial charge in [-0.2, -0.15) is 0 Å². The van der Waals surface area contributed by atoms with Crippen LogP contribution < -0.4 is 10.5 Å². The lowest BCUT2D eigenvalue weighted by Crippen LogP contribution is -2.18. The molecule has 2 aromatic rings. The van der Waals surface area contributed by atoms with Crippen LogP contribution in [0.1, 0.15) is 18.1 Å². The predicted molar refractivity (Wildman–Crippen MR) is 81.2 cm³/mol. The Morgan fingerprint density at radius 2 is 2.00 bits per heavy atom. The quantitative estimate of drug-likeness (QED) is 0.886. The summed E-state index contributed by atoms with van der Waals surface area (Å²) >= 11 is 6.20. The van der Waals surface area contributed by atoms with Crippen molar-refractivity contribution >= 4 is 11.6 Å². The number of hydrogen-bond acceptors (Lipinski definition) is 3. The van der Waals surface area contributed by atoms with Crippen molar-refractivity contribution in [1.82, 2.24) is 0 Å². The van der Waals surface area contributed by atoms with Crippen LogP contribution in [0.15, 0.2) is 42.5 Å². The molecule has 0 aliphatic heterocycles. The number of halogens is 1. The number of rotatable bonds is 5. The van der Waals surface area contributed by atoms with Crippen LogP contribution in [-0.4, -0.2) is 11.1 Å². The van der Waals surface area contributed by atoms with E-state index in [4.69, 9.17) is 22.1 Å². The maximum Gasteiger partial charge on any atom is 0.124 e. The third-order valence-corrected chi connectivity index (χ3v) is 3.26. The highest BCUT2D eigenvalue weighted by Crippen LogP contribution is 2.28. The van der Waals surface area contributed by atoms with Gasteiger partial charge >= 0.3 is 0 Å². The van der Waals surface area contributed by atoms with Crippen LogP contribution in [0.4, 0.5) is 0 Å². The molecule has 0 aromatic heterocycles. The molecule has 0 spiro atoms. The molecule has 0 heterocycles. The molecule has 20 heavy (non-hydrogen) atoms. The molecule has 0 amide bonds. The molecule has 4 heteroatoms. The van der Waals surface area contributed by atoms with Crippen LogP contribution in [0.25, 0.3) is 0 Å². The van der Waals surface area contributed by atoms with Crippen molar-refractivity contribution in [3.05, 3.63) is 58.6 Å². The zero-order valence-corrected chi connectivity index (χ0v) is 12.1. The summed E-state index contributed by atoms with van der Waals surface area (Å²) in [5, 5.41) is 10.1. The molecule has 3 nitrogen and oxygen atoms in total. The van der Waals surface area contributed by atoms with Crippen LogP contribution in [0.5, 0.6) is 11.5 Å². The average Bonchev–Trinajstić information content (AvgIpc) is 2.39. The van der Waals surface area contributed by atoms with Crippen molar-refractivity contribution in [3.8, 4) is 11.5 Å². The number of benzene rings is 2. The van der Waals surface area contributed by atoms with E-state index < -0.39 is 0 Å². The van der Waals surface area contributed by atoms with Crippen molar-refractivity contribution in [1.29, 1.82) is 0 Å². The first kappa shape index (κ1) is 14.7. The molecule has 0 radical (unpaired) electrons. The number of phenolic OH excluding ortho intramolecular Hbond substituents is 1. The molecule has 0 bridgehead atoms. The van der Waals surface area contributed by atoms with Gasteiger partial charge in [-0.3, -0.25) is 0 Å². The van der Waals surface area contributed by atoms with Gasteiger partial charge in [0.15, 0.2) is 0 Å². The van der Waals surface area contributed by atoms with Crippen LogP contribution in [0, 0.1) is 0 Å². The first-order chi connectivity index (χ1) is 9.56. The summed E-state index contributed by atoms with van der Waals surface area (Å²) in [5.74, 6) is 0.964. The minimum absolute atomic E-state index is 0.0121. The summed E-state index contributed by atoms with van der Waals surface area (Å²) in [7, 11) is 0. The van der Waals surface area contributed by atoms with Gasteiger partial charge in [-0.1, -0.05) is 29.8 Å². The fraction of sp³-hybridized carbons (Fsp3) is 0.250. The summed E-state index contributed by atoms with van der Waals surface area (Å²) in [5.41, 5.74) is 7.66. The monoisotopic (exact) mass is 291 g/mol. The normalized spacial score (nSPS) is 12.2. The van der Waals surface area contributed by atoms with Gasteiger partial charge < -0.3 is 15.6 Å². The Morgan fingerprint density at radius 1 is 1.25 bits per heavy atom. The molecule has 0 aliphatic rings. The zero-order valence-electron chi connectivity index (χ0n) is 11.3. The smallest absolute Gasteiger partial charge is 0.124 e. The van der Waals surface area contributed by atoms with Gasteiger partial charge in [0.05, 0.1) is 0 Å². The van der Waals surface area contributed by atoms with E-state index in [0.717, 1.165) is 16.9 Å². The largest absolute Gasteiger partial charge is 0.508 e. The fourth-order valence-corrected chi connectivity index (χ4v) is 2.24. The number of nitrogens with two attached hydrogens (primary N) is 1. The van der Waals surface area contributed by atoms with E-state index in [2.05, 4.69) is 0 Å². The molecule has 1 atom stereocenters. The second-order valence-corrected chi connectivity index (χ2v) is 5.26. The number of aromatic hydroxyl groups is 1. The summed E-state index contributed by atoms with van der Waals surface area (Å²) < 4.78 is 5.81. The van der Waals surface area contributed by atoms with Crippen molar-refractivity contribution in [2.75, 3.05) is 0 Å². The molecule has 0 saturated heterocycles. The van der Waals surface area contributed by atoms with Gasteiger partial charge in [0, 0.05) is 16.6 Å². The second-order valence-electron chi connectivity index (χ2n) is 4.86. The Morgan fingerprint density at radius 3 is 2.70 bits per heavy atom. The Balaban J connectivity index is 2.15. The second kappa shape index (κ2) is 6.64. The van der Waals surface area contributed by atoms with Crippen LogP contribution in [-0.2, 0) is 13.0 Å². The van der Waals surface area contributed by atoms with Crippen molar-refractivity contribution in [2.24, 2.45) is 5.73 Å². The number of hydrogen-bond donors (Lipinski definition) is 2. The molecule has 3 N–H and O–H groups in total. The summed E-state index contributed by atoms with van der Waals surface area (Å²) in [6.07, 6.45) is 0.662. The first-order valence-electron chi connectivity index (χ1n) is 6.50. The molecule has 2 aromatic carbocycles. The van der Waals surface area contributed by atoms with Gasteiger partial charge in [-0.05, 0) is 43.2 Å². The molecule has 0 aliphatic carbocycles. The predicted octanol–water partition coefficient (Wildman–Crippen LogP) is 3.51. The third kappa shape index (κ3) is 3.89. The van der Waals surface area contributed by atoms with Gasteiger partial charge in [0.2, 0.25) is 0 Å². The maximum atomic E-state index is 9.43. The fourth-order valence-electron chi connectivity index (χ4n) is 2.00. The van der Waals surface area contributed by atoms with Gasteiger partial charge in [-0.25, -0.2) is 0 Å². The Bertz CT molecular complexity index is 584. The van der Waals surface area contributed by atoms with Crippen LogP contribution in [0.3, 0.4) is 0 Å². The number of phenols is 1. The van der Waals surface area contributed by atoms with Crippen molar-refractivity contribution in [2.45, 2.75) is 26.0 Å². The molecular formula is C16H18ClNO2. The lowest BCUT2D eigenvalue weighted by molar-refractivity contribution is 0.301. The topological polar surface area (TPSA) is 55.5 Å². The molecular weight excluding hydrogens is 274 g/mol. The Hall–Kier alpha value is -1.71. The summed E-state index contributed by atoms with van der Waals surface area (Å²) in [6.45, 7) is 2.31. The van der Waals surface area contributed by atoms with Crippen molar-refractivity contribution in [3.63, 3.8) is 0 Å². The first-order valence-corrected chi connectivity index (χ1v) is 6.87. The molecule has 1 unspecified atom stereocenters. The molecule has 0 saturated carbocycles. The van der Waals surface area contributed by atoms with Gasteiger partial charge in [-0.15, -0.1) is 0 Å².